The van der Waals surface area contributed by atoms with Gasteiger partial charge >= 0.3 is 0 Å². The summed E-state index contributed by atoms with van der Waals surface area (Å²) in [6, 6.07) is 17.1. The molecule has 2 aromatic rings. The van der Waals surface area contributed by atoms with Gasteiger partial charge in [0, 0.05) is 11.5 Å². The van der Waals surface area contributed by atoms with Crippen LogP contribution in [0.3, 0.4) is 0 Å². The van der Waals surface area contributed by atoms with E-state index in [0.29, 0.717) is 0 Å². The van der Waals surface area contributed by atoms with E-state index in [4.69, 9.17) is 4.74 Å². The van der Waals surface area contributed by atoms with Crippen LogP contribution in [0.25, 0.3) is 0 Å². The summed E-state index contributed by atoms with van der Waals surface area (Å²) in [5.41, 5.74) is 0.762. The highest BCUT2D eigenvalue weighted by atomic mass is 16.5. The van der Waals surface area contributed by atoms with Gasteiger partial charge in [-0.15, -0.1) is 0 Å². The van der Waals surface area contributed by atoms with Gasteiger partial charge in [-0.1, -0.05) is 36.8 Å². The minimum absolute atomic E-state index is 0.229. The van der Waals surface area contributed by atoms with Crippen LogP contribution in [0, 0.1) is 5.92 Å². The summed E-state index contributed by atoms with van der Waals surface area (Å²) in [6.45, 7) is 0. The molecule has 0 heterocycles. The van der Waals surface area contributed by atoms with Gasteiger partial charge in [0.15, 0.2) is 5.78 Å². The zero-order chi connectivity index (χ0) is 13.1. The Bertz CT molecular complexity index is 571. The zero-order valence-electron chi connectivity index (χ0n) is 10.7. The Morgan fingerprint density at radius 2 is 1.68 bits per heavy atom. The van der Waals surface area contributed by atoms with E-state index in [1.54, 1.807) is 0 Å². The minimum atomic E-state index is 0.229. The predicted molar refractivity (Wildman–Crippen MR) is 74.6 cm³/mol. The second-order valence-corrected chi connectivity index (χ2v) is 4.94. The maximum Gasteiger partial charge on any atom is 0.166 e. The number of hydrogen-bond donors (Lipinski definition) is 0. The molecule has 1 aliphatic carbocycles. The Morgan fingerprint density at radius 1 is 0.947 bits per heavy atom. The lowest BCUT2D eigenvalue weighted by atomic mass is 9.80. The summed E-state index contributed by atoms with van der Waals surface area (Å²) in [5.74, 6) is 1.99. The molecule has 0 aliphatic heterocycles. The highest BCUT2D eigenvalue weighted by molar-refractivity contribution is 5.98. The van der Waals surface area contributed by atoms with Crippen molar-refractivity contribution in [3.63, 3.8) is 0 Å². The first kappa shape index (κ1) is 12.0. The van der Waals surface area contributed by atoms with E-state index in [-0.39, 0.29) is 11.7 Å². The highest BCUT2D eigenvalue weighted by Gasteiger charge is 2.26. The number of ether oxygens (including phenoxy) is 1. The van der Waals surface area contributed by atoms with Crippen LogP contribution in [-0.4, -0.2) is 5.78 Å². The van der Waals surface area contributed by atoms with E-state index < -0.39 is 0 Å². The highest BCUT2D eigenvalue weighted by Crippen LogP contribution is 2.31. The third-order valence-electron chi connectivity index (χ3n) is 3.57. The van der Waals surface area contributed by atoms with Crippen LogP contribution < -0.4 is 4.74 Å². The van der Waals surface area contributed by atoms with E-state index in [0.717, 1.165) is 29.9 Å². The molecule has 0 radical (unpaired) electrons. The average Bonchev–Trinajstić information content (AvgIpc) is 2.38. The van der Waals surface area contributed by atoms with Crippen LogP contribution >= 0.6 is 0 Å². The Labute approximate surface area is 113 Å². The van der Waals surface area contributed by atoms with Crippen molar-refractivity contribution in [3.8, 4) is 11.5 Å². The molecular formula is C17H16O2. The molecule has 1 saturated carbocycles. The third-order valence-corrected chi connectivity index (χ3v) is 3.57. The number of ketones is 1. The van der Waals surface area contributed by atoms with Crippen molar-refractivity contribution in [1.82, 2.24) is 0 Å². The van der Waals surface area contributed by atoms with Crippen molar-refractivity contribution in [3.05, 3.63) is 60.2 Å². The molecule has 0 bridgehead atoms. The molecule has 0 unspecified atom stereocenters. The fourth-order valence-electron chi connectivity index (χ4n) is 2.24. The second-order valence-electron chi connectivity index (χ2n) is 4.94. The van der Waals surface area contributed by atoms with Crippen LogP contribution in [0.4, 0.5) is 0 Å². The number of Topliss-reactive ketones (excluding diaryl/α,β-unsaturated/α-hetero) is 1. The van der Waals surface area contributed by atoms with Gasteiger partial charge in [-0.3, -0.25) is 4.79 Å². The Kier molecular flexibility index (Phi) is 3.32. The molecule has 2 aromatic carbocycles. The van der Waals surface area contributed by atoms with E-state index in [2.05, 4.69) is 0 Å². The smallest absolute Gasteiger partial charge is 0.166 e. The van der Waals surface area contributed by atoms with Crippen LogP contribution in [0.2, 0.25) is 0 Å². The number of rotatable bonds is 4. The summed E-state index contributed by atoms with van der Waals surface area (Å²) in [7, 11) is 0. The van der Waals surface area contributed by atoms with Crippen molar-refractivity contribution < 1.29 is 9.53 Å². The van der Waals surface area contributed by atoms with Crippen molar-refractivity contribution >= 4 is 5.78 Å². The Hall–Kier alpha value is -2.09. The maximum absolute atomic E-state index is 12.2. The zero-order valence-corrected chi connectivity index (χ0v) is 10.7. The third kappa shape index (κ3) is 2.68. The van der Waals surface area contributed by atoms with E-state index in [1.807, 2.05) is 54.6 Å². The summed E-state index contributed by atoms with van der Waals surface area (Å²) in [5, 5.41) is 0. The lowest BCUT2D eigenvalue weighted by Crippen LogP contribution is -2.21. The van der Waals surface area contributed by atoms with E-state index in [9.17, 15) is 4.79 Å². The van der Waals surface area contributed by atoms with Crippen molar-refractivity contribution in [2.24, 2.45) is 5.92 Å². The molecule has 0 atom stereocenters. The fourth-order valence-corrected chi connectivity index (χ4v) is 2.24. The van der Waals surface area contributed by atoms with E-state index in [1.165, 1.54) is 6.42 Å². The van der Waals surface area contributed by atoms with Crippen molar-refractivity contribution in [2.75, 3.05) is 0 Å². The summed E-state index contributed by atoms with van der Waals surface area (Å²) < 4.78 is 5.75. The molecule has 3 rings (SSSR count). The van der Waals surface area contributed by atoms with Crippen LogP contribution in [-0.2, 0) is 0 Å². The van der Waals surface area contributed by atoms with Crippen molar-refractivity contribution in [2.45, 2.75) is 19.3 Å². The SMILES string of the molecule is O=C(c1cccc(Oc2ccccc2)c1)C1CCC1. The van der Waals surface area contributed by atoms with Gasteiger partial charge < -0.3 is 4.74 Å². The molecule has 2 nitrogen and oxygen atoms in total. The van der Waals surface area contributed by atoms with Crippen LogP contribution in [0.1, 0.15) is 29.6 Å². The Balaban J connectivity index is 1.78. The number of carbonyl (C=O) groups excluding carboxylic acids is 1. The molecule has 1 aliphatic rings. The van der Waals surface area contributed by atoms with Gasteiger partial charge in [0.05, 0.1) is 0 Å². The monoisotopic (exact) mass is 252 g/mol. The number of benzene rings is 2. The predicted octanol–water partition coefficient (Wildman–Crippen LogP) is 4.46. The standard InChI is InChI=1S/C17H16O2/c18-17(13-6-4-7-13)14-8-5-11-16(12-14)19-15-9-2-1-3-10-15/h1-3,5,8-13H,4,6-7H2. The average molecular weight is 252 g/mol. The normalized spacial score (nSPS) is 14.7. The first-order chi connectivity index (χ1) is 9.33. The van der Waals surface area contributed by atoms with Crippen LogP contribution in [0.15, 0.2) is 54.6 Å². The lowest BCUT2D eigenvalue weighted by Gasteiger charge is -2.23. The molecule has 19 heavy (non-hydrogen) atoms. The van der Waals surface area contributed by atoms with Gasteiger partial charge in [0.2, 0.25) is 0 Å². The van der Waals surface area contributed by atoms with Gasteiger partial charge in [-0.05, 0) is 37.1 Å². The number of carbonyl (C=O) groups is 1. The van der Waals surface area contributed by atoms with Gasteiger partial charge in [0.1, 0.15) is 11.5 Å². The van der Waals surface area contributed by atoms with Gasteiger partial charge in [0.25, 0.3) is 0 Å². The first-order valence-electron chi connectivity index (χ1n) is 6.70. The quantitative estimate of drug-likeness (QED) is 0.751. The lowest BCUT2D eigenvalue weighted by molar-refractivity contribution is 0.0855. The molecule has 0 aromatic heterocycles. The van der Waals surface area contributed by atoms with Gasteiger partial charge in [-0.2, -0.15) is 0 Å². The summed E-state index contributed by atoms with van der Waals surface area (Å²) in [6.07, 6.45) is 3.24. The second kappa shape index (κ2) is 5.27. The summed E-state index contributed by atoms with van der Waals surface area (Å²) >= 11 is 0. The molecule has 0 N–H and O–H groups in total. The first-order valence-corrected chi connectivity index (χ1v) is 6.70. The van der Waals surface area contributed by atoms with Gasteiger partial charge in [-0.25, -0.2) is 0 Å². The molecule has 0 saturated heterocycles. The molecular weight excluding hydrogens is 236 g/mol. The fraction of sp³-hybridized carbons (Fsp3) is 0.235. The molecule has 96 valence electrons. The molecule has 2 heteroatoms. The molecule has 1 fully saturated rings. The largest absolute Gasteiger partial charge is 0.457 e. The summed E-state index contributed by atoms with van der Waals surface area (Å²) in [4.78, 5) is 12.2. The number of para-hydroxylation sites is 1. The van der Waals surface area contributed by atoms with Crippen molar-refractivity contribution in [1.29, 1.82) is 0 Å². The topological polar surface area (TPSA) is 26.3 Å². The maximum atomic E-state index is 12.2. The van der Waals surface area contributed by atoms with Crippen LogP contribution in [0.5, 0.6) is 11.5 Å². The minimum Gasteiger partial charge on any atom is -0.457 e. The van der Waals surface area contributed by atoms with E-state index >= 15 is 0 Å². The molecule has 0 spiro atoms. The number of hydrogen-bond acceptors (Lipinski definition) is 2. The molecule has 0 amide bonds. The Morgan fingerprint density at radius 3 is 2.37 bits per heavy atom.